The van der Waals surface area contributed by atoms with Crippen molar-refractivity contribution in [1.29, 1.82) is 5.26 Å². The van der Waals surface area contributed by atoms with Gasteiger partial charge < -0.3 is 5.48 Å². The molecule has 1 aromatic carbocycles. The van der Waals surface area contributed by atoms with Crippen LogP contribution in [0.25, 0.3) is 0 Å². The van der Waals surface area contributed by atoms with Crippen molar-refractivity contribution in [1.82, 2.24) is 0 Å². The van der Waals surface area contributed by atoms with E-state index in [-0.39, 0.29) is 56.9 Å². The van der Waals surface area contributed by atoms with Crippen molar-refractivity contribution >= 4 is 0 Å². The van der Waals surface area contributed by atoms with Gasteiger partial charge in [-0.2, -0.15) is 5.26 Å². The number of benzene rings is 1. The van der Waals surface area contributed by atoms with Crippen LogP contribution in [0.4, 0.5) is 0 Å². The van der Waals surface area contributed by atoms with Crippen molar-refractivity contribution < 1.29 is 56.9 Å². The van der Waals surface area contributed by atoms with Crippen LogP contribution in [0, 0.1) is 11.3 Å². The summed E-state index contributed by atoms with van der Waals surface area (Å²) in [6, 6.07) is 11.8. The third-order valence-electron chi connectivity index (χ3n) is 1.13. The summed E-state index contributed by atoms with van der Waals surface area (Å²) in [6.07, 6.45) is 0.515. The van der Waals surface area contributed by atoms with Crippen molar-refractivity contribution in [3.8, 4) is 6.07 Å². The predicted molar refractivity (Wildman–Crippen MR) is 37.7 cm³/mol. The van der Waals surface area contributed by atoms with E-state index in [2.05, 4.69) is 6.07 Å². The summed E-state index contributed by atoms with van der Waals surface area (Å²) in [5, 5.41) is 8.27. The van der Waals surface area contributed by atoms with Crippen molar-refractivity contribution in [2.75, 3.05) is 0 Å². The Labute approximate surface area is 109 Å². The van der Waals surface area contributed by atoms with Gasteiger partial charge in [-0.3, -0.25) is 0 Å². The molecule has 0 saturated heterocycles. The van der Waals surface area contributed by atoms with Gasteiger partial charge in [0.05, 0.1) is 12.5 Å². The topological polar surface area (TPSA) is 53.8 Å². The summed E-state index contributed by atoms with van der Waals surface area (Å²) < 4.78 is 0. The van der Waals surface area contributed by atoms with E-state index in [0.717, 1.165) is 5.56 Å². The molecule has 0 heterocycles. The fourth-order valence-corrected chi connectivity index (χ4v) is 0.687. The summed E-state index contributed by atoms with van der Waals surface area (Å²) in [4.78, 5) is 0. The molecule has 0 bridgehead atoms. The number of rotatable bonds is 1. The molecule has 0 fully saturated rings. The van der Waals surface area contributed by atoms with E-state index in [9.17, 15) is 0 Å². The fourth-order valence-electron chi connectivity index (χ4n) is 0.687. The molecule has 0 aliphatic rings. The maximum Gasteiger partial charge on any atom is 1.00 e. The molecular formula is C8H8KNO. The second-order valence-electron chi connectivity index (χ2n) is 1.82. The molecule has 2 nitrogen and oxygen atoms in total. The van der Waals surface area contributed by atoms with Crippen molar-refractivity contribution in [3.63, 3.8) is 0 Å². The van der Waals surface area contributed by atoms with Gasteiger partial charge in [0, 0.05) is 0 Å². The van der Waals surface area contributed by atoms with E-state index in [1.807, 2.05) is 30.3 Å². The molecule has 0 aliphatic heterocycles. The minimum Gasteiger partial charge on any atom is -0.870 e. The zero-order valence-corrected chi connectivity index (χ0v) is 9.61. The van der Waals surface area contributed by atoms with Crippen LogP contribution in [0.5, 0.6) is 0 Å². The van der Waals surface area contributed by atoms with Crippen LogP contribution in [0.1, 0.15) is 5.56 Å². The van der Waals surface area contributed by atoms with E-state index < -0.39 is 0 Å². The molecule has 1 N–H and O–H groups in total. The Kier molecular flexibility index (Phi) is 10.6. The molecule has 0 radical (unpaired) electrons. The SMILES string of the molecule is N#CCc1ccccc1.[K+].[OH-]. The van der Waals surface area contributed by atoms with E-state index in [1.54, 1.807) is 0 Å². The third kappa shape index (κ3) is 5.56. The molecule has 0 aromatic heterocycles. The molecule has 52 valence electrons. The monoisotopic (exact) mass is 173 g/mol. The molecule has 3 heteroatoms. The summed E-state index contributed by atoms with van der Waals surface area (Å²) in [6.45, 7) is 0. The summed E-state index contributed by atoms with van der Waals surface area (Å²) in [7, 11) is 0. The van der Waals surface area contributed by atoms with Crippen molar-refractivity contribution in [2.24, 2.45) is 0 Å². The van der Waals surface area contributed by atoms with Gasteiger partial charge in [-0.05, 0) is 5.56 Å². The Hall–Kier alpha value is 0.306. The minimum absolute atomic E-state index is 0. The van der Waals surface area contributed by atoms with E-state index >= 15 is 0 Å². The Morgan fingerprint density at radius 3 is 2.18 bits per heavy atom. The number of hydrogen-bond acceptors (Lipinski definition) is 2. The average Bonchev–Trinajstić information content (AvgIpc) is 1.91. The molecule has 1 aromatic rings. The Balaban J connectivity index is 0. The van der Waals surface area contributed by atoms with E-state index in [0.29, 0.717) is 6.42 Å². The minimum atomic E-state index is 0. The maximum absolute atomic E-state index is 8.27. The van der Waals surface area contributed by atoms with Crippen LogP contribution < -0.4 is 51.4 Å². The first-order valence-corrected chi connectivity index (χ1v) is 2.84. The van der Waals surface area contributed by atoms with Gasteiger partial charge in [0.25, 0.3) is 0 Å². The number of nitrogens with zero attached hydrogens (tertiary/aromatic N) is 1. The molecule has 1 rings (SSSR count). The van der Waals surface area contributed by atoms with Crippen LogP contribution >= 0.6 is 0 Å². The average molecular weight is 173 g/mol. The Morgan fingerprint density at radius 2 is 1.73 bits per heavy atom. The largest absolute Gasteiger partial charge is 1.00 e. The van der Waals surface area contributed by atoms with Crippen molar-refractivity contribution in [3.05, 3.63) is 35.9 Å². The van der Waals surface area contributed by atoms with Gasteiger partial charge in [-0.25, -0.2) is 0 Å². The van der Waals surface area contributed by atoms with Gasteiger partial charge >= 0.3 is 51.4 Å². The van der Waals surface area contributed by atoms with Gasteiger partial charge in [0.1, 0.15) is 0 Å². The molecule has 0 amide bonds. The predicted octanol–water partition coefficient (Wildman–Crippen LogP) is -1.42. The van der Waals surface area contributed by atoms with Gasteiger partial charge in [-0.1, -0.05) is 30.3 Å². The second kappa shape index (κ2) is 8.40. The van der Waals surface area contributed by atoms with Gasteiger partial charge in [-0.15, -0.1) is 0 Å². The van der Waals surface area contributed by atoms with Crippen LogP contribution in [-0.2, 0) is 6.42 Å². The first-order chi connectivity index (χ1) is 4.43. The fraction of sp³-hybridized carbons (Fsp3) is 0.125. The molecule has 0 aliphatic carbocycles. The standard InChI is InChI=1S/C8H7N.K.H2O/c9-7-6-8-4-2-1-3-5-8;;/h1-5H,6H2;;1H2/q;+1;/p-1. The van der Waals surface area contributed by atoms with Crippen LogP contribution in [0.3, 0.4) is 0 Å². The third-order valence-corrected chi connectivity index (χ3v) is 1.13. The number of nitriles is 1. The summed E-state index contributed by atoms with van der Waals surface area (Å²) in [5.74, 6) is 0. The van der Waals surface area contributed by atoms with Crippen molar-refractivity contribution in [2.45, 2.75) is 6.42 Å². The molecule has 11 heavy (non-hydrogen) atoms. The zero-order chi connectivity index (χ0) is 6.53. The van der Waals surface area contributed by atoms with Gasteiger partial charge in [0.15, 0.2) is 0 Å². The van der Waals surface area contributed by atoms with E-state index in [1.165, 1.54) is 0 Å². The van der Waals surface area contributed by atoms with Crippen LogP contribution in [0.2, 0.25) is 0 Å². The summed E-state index contributed by atoms with van der Waals surface area (Å²) >= 11 is 0. The zero-order valence-electron chi connectivity index (χ0n) is 6.49. The maximum atomic E-state index is 8.27. The Bertz CT molecular complexity index is 217. The first-order valence-electron chi connectivity index (χ1n) is 2.84. The van der Waals surface area contributed by atoms with E-state index in [4.69, 9.17) is 5.26 Å². The van der Waals surface area contributed by atoms with Gasteiger partial charge in [0.2, 0.25) is 0 Å². The quantitative estimate of drug-likeness (QED) is 0.489. The molecule has 0 atom stereocenters. The molecule has 0 spiro atoms. The molecular weight excluding hydrogens is 165 g/mol. The summed E-state index contributed by atoms with van der Waals surface area (Å²) in [5.41, 5.74) is 1.08. The number of hydrogen-bond donors (Lipinski definition) is 0. The smallest absolute Gasteiger partial charge is 0.870 e. The van der Waals surface area contributed by atoms with Crippen LogP contribution in [0.15, 0.2) is 30.3 Å². The second-order valence-corrected chi connectivity index (χ2v) is 1.82. The molecule has 0 saturated carbocycles. The Morgan fingerprint density at radius 1 is 1.18 bits per heavy atom. The van der Waals surface area contributed by atoms with Crippen LogP contribution in [-0.4, -0.2) is 5.48 Å². The normalized spacial score (nSPS) is 6.82. The molecule has 0 unspecified atom stereocenters. The first kappa shape index (κ1) is 13.9.